The van der Waals surface area contributed by atoms with Gasteiger partial charge >= 0.3 is 0 Å². The van der Waals surface area contributed by atoms with Crippen molar-refractivity contribution in [1.82, 2.24) is 9.78 Å². The summed E-state index contributed by atoms with van der Waals surface area (Å²) in [6.07, 6.45) is 4.69. The van der Waals surface area contributed by atoms with Gasteiger partial charge in [0.2, 0.25) is 0 Å². The van der Waals surface area contributed by atoms with E-state index in [4.69, 9.17) is 11.6 Å². The average Bonchev–Trinajstić information content (AvgIpc) is 2.84. The first-order chi connectivity index (χ1) is 7.81. The molecule has 0 N–H and O–H groups in total. The summed E-state index contributed by atoms with van der Waals surface area (Å²) < 4.78 is 1.92. The molecule has 1 aromatic heterocycles. The number of hydrogen-bond donors (Lipinski definition) is 0. The zero-order valence-corrected chi connectivity index (χ0v) is 10.2. The third-order valence-corrected chi connectivity index (χ3v) is 4.20. The van der Waals surface area contributed by atoms with Crippen molar-refractivity contribution in [2.45, 2.75) is 23.1 Å². The molecule has 1 atom stereocenters. The summed E-state index contributed by atoms with van der Waals surface area (Å²) >= 11 is 7.78. The van der Waals surface area contributed by atoms with E-state index in [1.165, 1.54) is 10.5 Å². The molecule has 0 spiro atoms. The molecule has 0 aliphatic carbocycles. The van der Waals surface area contributed by atoms with Crippen LogP contribution in [0, 0.1) is 0 Å². The second-order valence-corrected chi connectivity index (χ2v) is 5.71. The van der Waals surface area contributed by atoms with Gasteiger partial charge in [0.1, 0.15) is 0 Å². The van der Waals surface area contributed by atoms with Crippen molar-refractivity contribution in [3.05, 3.63) is 47.2 Å². The van der Waals surface area contributed by atoms with Crippen LogP contribution in [0.15, 0.2) is 41.6 Å². The minimum atomic E-state index is 0.577. The molecule has 0 saturated heterocycles. The molecule has 3 rings (SSSR count). The Kier molecular flexibility index (Phi) is 2.65. The predicted molar refractivity (Wildman–Crippen MR) is 67.0 cm³/mol. The number of fused-ring (bicyclic) bond motifs is 1. The van der Waals surface area contributed by atoms with Crippen LogP contribution in [0.25, 0.3) is 0 Å². The van der Waals surface area contributed by atoms with Crippen LogP contribution in [0.2, 0.25) is 5.02 Å². The van der Waals surface area contributed by atoms with E-state index in [0.29, 0.717) is 10.3 Å². The smallest absolute Gasteiger partial charge is 0.0785 e. The van der Waals surface area contributed by atoms with Gasteiger partial charge in [-0.2, -0.15) is 5.10 Å². The molecule has 1 aromatic carbocycles. The second kappa shape index (κ2) is 4.15. The lowest BCUT2D eigenvalue weighted by Gasteiger charge is -2.07. The lowest BCUT2D eigenvalue weighted by molar-refractivity contribution is 0.595. The highest BCUT2D eigenvalue weighted by molar-refractivity contribution is 8.00. The van der Waals surface area contributed by atoms with Crippen molar-refractivity contribution in [3.63, 3.8) is 0 Å². The monoisotopic (exact) mass is 250 g/mol. The molecule has 0 bridgehead atoms. The maximum Gasteiger partial charge on any atom is 0.0785 e. The van der Waals surface area contributed by atoms with Crippen LogP contribution in [0.4, 0.5) is 0 Å². The lowest BCUT2D eigenvalue weighted by atomic mass is 10.1. The average molecular weight is 251 g/mol. The predicted octanol–water partition coefficient (Wildman–Crippen LogP) is 3.25. The van der Waals surface area contributed by atoms with Gasteiger partial charge in [-0.05, 0) is 18.1 Å². The van der Waals surface area contributed by atoms with Crippen LogP contribution < -0.4 is 0 Å². The van der Waals surface area contributed by atoms with E-state index < -0.39 is 0 Å². The summed E-state index contributed by atoms with van der Waals surface area (Å²) in [4.78, 5) is 1.41. The summed E-state index contributed by atoms with van der Waals surface area (Å²) in [6, 6.07) is 8.60. The van der Waals surface area contributed by atoms with E-state index >= 15 is 0 Å². The standard InChI is InChI=1S/C12H11ClN2S/c13-10-6-14-15(7-10)8-11-5-9-3-1-2-4-12(9)16-11/h1-4,6-7,11H,5,8H2. The Morgan fingerprint density at radius 3 is 3.06 bits per heavy atom. The van der Waals surface area contributed by atoms with E-state index in [-0.39, 0.29) is 0 Å². The van der Waals surface area contributed by atoms with E-state index in [2.05, 4.69) is 29.4 Å². The zero-order chi connectivity index (χ0) is 11.0. The number of aromatic nitrogens is 2. The third-order valence-electron chi connectivity index (χ3n) is 2.71. The third kappa shape index (κ3) is 1.97. The molecule has 82 valence electrons. The number of halogens is 1. The fourth-order valence-electron chi connectivity index (χ4n) is 2.00. The SMILES string of the molecule is Clc1cnn(CC2Cc3ccccc3S2)c1. The summed E-state index contributed by atoms with van der Waals surface area (Å²) in [5.41, 5.74) is 1.45. The Hall–Kier alpha value is -0.930. The molecule has 1 aliphatic rings. The van der Waals surface area contributed by atoms with Gasteiger partial charge in [-0.1, -0.05) is 29.8 Å². The number of hydrogen-bond acceptors (Lipinski definition) is 2. The Labute approximate surface area is 104 Å². The van der Waals surface area contributed by atoms with Crippen molar-refractivity contribution >= 4 is 23.4 Å². The highest BCUT2D eigenvalue weighted by Crippen LogP contribution is 2.37. The van der Waals surface area contributed by atoms with E-state index in [1.807, 2.05) is 22.6 Å². The van der Waals surface area contributed by atoms with Gasteiger partial charge in [-0.3, -0.25) is 4.68 Å². The Morgan fingerprint density at radius 1 is 1.44 bits per heavy atom. The first-order valence-electron chi connectivity index (χ1n) is 5.24. The van der Waals surface area contributed by atoms with Crippen molar-refractivity contribution in [3.8, 4) is 0 Å². The van der Waals surface area contributed by atoms with Crippen LogP contribution in [0.3, 0.4) is 0 Å². The fraction of sp³-hybridized carbons (Fsp3) is 0.250. The van der Waals surface area contributed by atoms with Crippen molar-refractivity contribution < 1.29 is 0 Å². The Morgan fingerprint density at radius 2 is 2.31 bits per heavy atom. The van der Waals surface area contributed by atoms with Gasteiger partial charge in [0.25, 0.3) is 0 Å². The second-order valence-electron chi connectivity index (χ2n) is 3.93. The van der Waals surface area contributed by atoms with Gasteiger partial charge in [0, 0.05) is 16.3 Å². The molecule has 0 amide bonds. The largest absolute Gasteiger partial charge is 0.270 e. The van der Waals surface area contributed by atoms with Crippen LogP contribution in [0.5, 0.6) is 0 Å². The number of nitrogens with zero attached hydrogens (tertiary/aromatic N) is 2. The normalized spacial score (nSPS) is 18.7. The molecule has 4 heteroatoms. The van der Waals surface area contributed by atoms with Crippen LogP contribution >= 0.6 is 23.4 Å². The van der Waals surface area contributed by atoms with Crippen molar-refractivity contribution in [2.75, 3.05) is 0 Å². The highest BCUT2D eigenvalue weighted by Gasteiger charge is 2.22. The zero-order valence-electron chi connectivity index (χ0n) is 8.64. The quantitative estimate of drug-likeness (QED) is 0.814. The number of rotatable bonds is 2. The van der Waals surface area contributed by atoms with Gasteiger partial charge in [-0.25, -0.2) is 0 Å². The van der Waals surface area contributed by atoms with Gasteiger partial charge in [0.15, 0.2) is 0 Å². The minimum absolute atomic E-state index is 0.577. The lowest BCUT2D eigenvalue weighted by Crippen LogP contribution is -2.12. The molecule has 2 aromatic rings. The molecule has 0 saturated carbocycles. The molecule has 0 radical (unpaired) electrons. The Balaban J connectivity index is 1.72. The van der Waals surface area contributed by atoms with Crippen LogP contribution in [-0.2, 0) is 13.0 Å². The molecule has 1 unspecified atom stereocenters. The van der Waals surface area contributed by atoms with Gasteiger partial charge in [0.05, 0.1) is 17.8 Å². The Bertz CT molecular complexity index is 484. The van der Waals surface area contributed by atoms with Gasteiger partial charge in [-0.15, -0.1) is 11.8 Å². The van der Waals surface area contributed by atoms with Crippen LogP contribution in [0.1, 0.15) is 5.56 Å². The molecule has 2 nitrogen and oxygen atoms in total. The molecule has 1 aliphatic heterocycles. The molecule has 16 heavy (non-hydrogen) atoms. The molecular formula is C12H11ClN2S. The highest BCUT2D eigenvalue weighted by atomic mass is 35.5. The molecule has 2 heterocycles. The summed E-state index contributed by atoms with van der Waals surface area (Å²) in [6.45, 7) is 0.923. The molecular weight excluding hydrogens is 240 g/mol. The topological polar surface area (TPSA) is 17.8 Å². The number of benzene rings is 1. The van der Waals surface area contributed by atoms with E-state index in [9.17, 15) is 0 Å². The summed E-state index contributed by atoms with van der Waals surface area (Å²) in [7, 11) is 0. The van der Waals surface area contributed by atoms with Crippen molar-refractivity contribution in [2.24, 2.45) is 0 Å². The summed E-state index contributed by atoms with van der Waals surface area (Å²) in [5, 5.41) is 5.50. The molecule has 0 fully saturated rings. The summed E-state index contributed by atoms with van der Waals surface area (Å²) in [5.74, 6) is 0. The van der Waals surface area contributed by atoms with Gasteiger partial charge < -0.3 is 0 Å². The van der Waals surface area contributed by atoms with E-state index in [0.717, 1.165) is 13.0 Å². The fourth-order valence-corrected chi connectivity index (χ4v) is 3.47. The first-order valence-corrected chi connectivity index (χ1v) is 6.49. The van der Waals surface area contributed by atoms with Crippen molar-refractivity contribution in [1.29, 1.82) is 0 Å². The maximum atomic E-state index is 5.84. The minimum Gasteiger partial charge on any atom is -0.270 e. The van der Waals surface area contributed by atoms with E-state index in [1.54, 1.807) is 6.20 Å². The van der Waals surface area contributed by atoms with Crippen LogP contribution in [-0.4, -0.2) is 15.0 Å². The maximum absolute atomic E-state index is 5.84. The number of thioether (sulfide) groups is 1. The first kappa shape index (κ1) is 10.2.